The second-order valence-electron chi connectivity index (χ2n) is 2.61. The third-order valence-electron chi connectivity index (χ3n) is 1.43. The number of primary amides is 1. The SMILES string of the molecule is NCCCC[C@@H](O)CC(N)=O. The summed E-state index contributed by atoms with van der Waals surface area (Å²) in [5, 5.41) is 9.10. The first kappa shape index (κ1) is 10.4. The van der Waals surface area contributed by atoms with Gasteiger partial charge < -0.3 is 16.6 Å². The number of unbranched alkanes of at least 4 members (excludes halogenated alkanes) is 1. The van der Waals surface area contributed by atoms with E-state index in [1.54, 1.807) is 0 Å². The molecule has 1 amide bonds. The number of aliphatic hydroxyl groups is 1. The smallest absolute Gasteiger partial charge is 0.220 e. The molecule has 0 unspecified atom stereocenters. The van der Waals surface area contributed by atoms with E-state index in [1.165, 1.54) is 0 Å². The lowest BCUT2D eigenvalue weighted by molar-refractivity contribution is -0.119. The molecule has 0 aliphatic carbocycles. The van der Waals surface area contributed by atoms with E-state index in [0.717, 1.165) is 12.8 Å². The highest BCUT2D eigenvalue weighted by atomic mass is 16.3. The predicted molar refractivity (Wildman–Crippen MR) is 42.7 cm³/mol. The van der Waals surface area contributed by atoms with Crippen LogP contribution >= 0.6 is 0 Å². The molecule has 4 nitrogen and oxygen atoms in total. The fraction of sp³-hybridized carbons (Fsp3) is 0.857. The third-order valence-corrected chi connectivity index (χ3v) is 1.43. The molecule has 0 rings (SSSR count). The predicted octanol–water partition coefficient (Wildman–Crippen LogP) is -0.648. The van der Waals surface area contributed by atoms with E-state index < -0.39 is 12.0 Å². The lowest BCUT2D eigenvalue weighted by atomic mass is 10.1. The summed E-state index contributed by atoms with van der Waals surface area (Å²) >= 11 is 0. The second-order valence-corrected chi connectivity index (χ2v) is 2.61. The Hall–Kier alpha value is -0.610. The molecule has 0 aromatic heterocycles. The zero-order valence-electron chi connectivity index (χ0n) is 6.62. The first-order valence-electron chi connectivity index (χ1n) is 3.83. The molecule has 0 aromatic rings. The zero-order valence-corrected chi connectivity index (χ0v) is 6.62. The van der Waals surface area contributed by atoms with Crippen LogP contribution in [0.15, 0.2) is 0 Å². The van der Waals surface area contributed by atoms with Crippen molar-refractivity contribution in [2.24, 2.45) is 11.5 Å². The maximum absolute atomic E-state index is 10.3. The Morgan fingerprint density at radius 3 is 2.55 bits per heavy atom. The summed E-state index contributed by atoms with van der Waals surface area (Å²) < 4.78 is 0. The Balaban J connectivity index is 3.22. The molecule has 0 aliphatic rings. The van der Waals surface area contributed by atoms with Crippen LogP contribution in [0.3, 0.4) is 0 Å². The maximum atomic E-state index is 10.3. The Morgan fingerprint density at radius 2 is 2.09 bits per heavy atom. The Bertz CT molecular complexity index is 117. The van der Waals surface area contributed by atoms with Gasteiger partial charge >= 0.3 is 0 Å². The van der Waals surface area contributed by atoms with Gasteiger partial charge in [-0.3, -0.25) is 4.79 Å². The van der Waals surface area contributed by atoms with E-state index >= 15 is 0 Å². The van der Waals surface area contributed by atoms with Crippen molar-refractivity contribution in [1.29, 1.82) is 0 Å². The summed E-state index contributed by atoms with van der Waals surface area (Å²) in [4.78, 5) is 10.3. The van der Waals surface area contributed by atoms with Crippen molar-refractivity contribution in [1.82, 2.24) is 0 Å². The minimum Gasteiger partial charge on any atom is -0.393 e. The zero-order chi connectivity index (χ0) is 8.69. The van der Waals surface area contributed by atoms with Crippen molar-refractivity contribution in [3.63, 3.8) is 0 Å². The normalized spacial score (nSPS) is 12.9. The van der Waals surface area contributed by atoms with Crippen LogP contribution in [0.1, 0.15) is 25.7 Å². The standard InChI is InChI=1S/C7H16N2O2/c8-4-2-1-3-6(10)5-7(9)11/h6,10H,1-5,8H2,(H2,9,11)/t6-/m1/s1. The monoisotopic (exact) mass is 160 g/mol. The van der Waals surface area contributed by atoms with E-state index in [9.17, 15) is 4.79 Å². The Labute approximate surface area is 66.6 Å². The van der Waals surface area contributed by atoms with Gasteiger partial charge in [0.05, 0.1) is 12.5 Å². The number of rotatable bonds is 6. The topological polar surface area (TPSA) is 89.3 Å². The summed E-state index contributed by atoms with van der Waals surface area (Å²) in [5.74, 6) is -0.453. The number of hydrogen-bond acceptors (Lipinski definition) is 3. The molecule has 0 saturated heterocycles. The van der Waals surface area contributed by atoms with Crippen molar-refractivity contribution in [2.45, 2.75) is 31.8 Å². The van der Waals surface area contributed by atoms with E-state index in [1.807, 2.05) is 0 Å². The van der Waals surface area contributed by atoms with Crippen molar-refractivity contribution >= 4 is 5.91 Å². The third kappa shape index (κ3) is 7.29. The summed E-state index contributed by atoms with van der Waals surface area (Å²) in [6, 6.07) is 0. The number of aliphatic hydroxyl groups excluding tert-OH is 1. The number of nitrogens with two attached hydrogens (primary N) is 2. The Kier molecular flexibility index (Phi) is 5.78. The molecule has 0 saturated carbocycles. The number of amides is 1. The molecular weight excluding hydrogens is 144 g/mol. The molecule has 66 valence electrons. The first-order valence-corrected chi connectivity index (χ1v) is 3.83. The van der Waals surface area contributed by atoms with Crippen LogP contribution in [0, 0.1) is 0 Å². The van der Waals surface area contributed by atoms with Gasteiger partial charge in [-0.2, -0.15) is 0 Å². The average Bonchev–Trinajstić information content (AvgIpc) is 1.86. The molecule has 0 fully saturated rings. The molecule has 11 heavy (non-hydrogen) atoms. The van der Waals surface area contributed by atoms with Gasteiger partial charge in [0.2, 0.25) is 5.91 Å². The van der Waals surface area contributed by atoms with Crippen LogP contribution in [-0.4, -0.2) is 23.7 Å². The number of carbonyl (C=O) groups excluding carboxylic acids is 1. The largest absolute Gasteiger partial charge is 0.393 e. The number of hydrogen-bond donors (Lipinski definition) is 3. The van der Waals surface area contributed by atoms with Crippen LogP contribution in [0.5, 0.6) is 0 Å². The van der Waals surface area contributed by atoms with E-state index in [4.69, 9.17) is 16.6 Å². The van der Waals surface area contributed by atoms with Crippen molar-refractivity contribution < 1.29 is 9.90 Å². The molecule has 0 aliphatic heterocycles. The molecule has 4 heteroatoms. The van der Waals surface area contributed by atoms with Gasteiger partial charge in [0, 0.05) is 0 Å². The van der Waals surface area contributed by atoms with Crippen LogP contribution in [-0.2, 0) is 4.79 Å². The summed E-state index contributed by atoms with van der Waals surface area (Å²) in [6.45, 7) is 0.628. The van der Waals surface area contributed by atoms with Crippen LogP contribution < -0.4 is 11.5 Å². The van der Waals surface area contributed by atoms with Gasteiger partial charge in [-0.05, 0) is 25.8 Å². The summed E-state index contributed by atoms with van der Waals surface area (Å²) in [5.41, 5.74) is 10.1. The van der Waals surface area contributed by atoms with Gasteiger partial charge in [0.25, 0.3) is 0 Å². The van der Waals surface area contributed by atoms with Crippen LogP contribution in [0.4, 0.5) is 0 Å². The minimum absolute atomic E-state index is 0.0601. The van der Waals surface area contributed by atoms with E-state index in [2.05, 4.69) is 0 Å². The minimum atomic E-state index is -0.584. The highest BCUT2D eigenvalue weighted by molar-refractivity contribution is 5.74. The Morgan fingerprint density at radius 1 is 1.45 bits per heavy atom. The van der Waals surface area contributed by atoms with Gasteiger partial charge in [0.1, 0.15) is 0 Å². The van der Waals surface area contributed by atoms with Crippen molar-refractivity contribution in [2.75, 3.05) is 6.54 Å². The van der Waals surface area contributed by atoms with Gasteiger partial charge in [-0.15, -0.1) is 0 Å². The molecule has 0 spiro atoms. The van der Waals surface area contributed by atoms with Crippen LogP contribution in [0.2, 0.25) is 0 Å². The van der Waals surface area contributed by atoms with Crippen molar-refractivity contribution in [3.8, 4) is 0 Å². The quantitative estimate of drug-likeness (QED) is 0.451. The van der Waals surface area contributed by atoms with Crippen molar-refractivity contribution in [3.05, 3.63) is 0 Å². The molecular formula is C7H16N2O2. The fourth-order valence-corrected chi connectivity index (χ4v) is 0.859. The lowest BCUT2D eigenvalue weighted by Gasteiger charge is -2.06. The molecule has 5 N–H and O–H groups in total. The lowest BCUT2D eigenvalue weighted by Crippen LogP contribution is -2.19. The fourth-order valence-electron chi connectivity index (χ4n) is 0.859. The highest BCUT2D eigenvalue weighted by Gasteiger charge is 2.06. The van der Waals surface area contributed by atoms with Gasteiger partial charge in [0.15, 0.2) is 0 Å². The summed E-state index contributed by atoms with van der Waals surface area (Å²) in [7, 11) is 0. The highest BCUT2D eigenvalue weighted by Crippen LogP contribution is 2.02. The number of carbonyl (C=O) groups is 1. The van der Waals surface area contributed by atoms with E-state index in [0.29, 0.717) is 13.0 Å². The molecule has 0 radical (unpaired) electrons. The average molecular weight is 160 g/mol. The molecule has 0 heterocycles. The van der Waals surface area contributed by atoms with Crippen LogP contribution in [0.25, 0.3) is 0 Å². The van der Waals surface area contributed by atoms with Gasteiger partial charge in [-0.1, -0.05) is 0 Å². The second kappa shape index (κ2) is 6.12. The van der Waals surface area contributed by atoms with E-state index in [-0.39, 0.29) is 6.42 Å². The van der Waals surface area contributed by atoms with Gasteiger partial charge in [-0.25, -0.2) is 0 Å². The molecule has 0 aromatic carbocycles. The first-order chi connectivity index (χ1) is 5.16. The molecule has 0 bridgehead atoms. The molecule has 1 atom stereocenters. The maximum Gasteiger partial charge on any atom is 0.220 e. The summed E-state index contributed by atoms with van der Waals surface area (Å²) in [6.07, 6.45) is 1.82.